The minimum atomic E-state index is -0.282. The lowest BCUT2D eigenvalue weighted by Crippen LogP contribution is -2.34. The summed E-state index contributed by atoms with van der Waals surface area (Å²) in [6, 6.07) is 4.55. The van der Waals surface area contributed by atoms with Gasteiger partial charge in [0.2, 0.25) is 5.91 Å². The number of carbonyl (C=O) groups is 1. The summed E-state index contributed by atoms with van der Waals surface area (Å²) in [6.45, 7) is 3.97. The molecule has 0 bridgehead atoms. The molecule has 96 valence electrons. The Balaban J connectivity index is 2.02. The van der Waals surface area contributed by atoms with Crippen molar-refractivity contribution in [3.05, 3.63) is 24.0 Å². The van der Waals surface area contributed by atoms with Crippen molar-refractivity contribution in [3.63, 3.8) is 0 Å². The fourth-order valence-corrected chi connectivity index (χ4v) is 2.39. The topological polar surface area (TPSA) is 54.0 Å². The third kappa shape index (κ3) is 3.16. The standard InChI is InChI=1S/C12H14FN3OS/c1-7(2)15-11(17)6-14-12-16-9-4-3-8(13)5-10(9)18-12/h3-5,7H,6H2,1-2H3,(H,14,16)(H,15,17). The van der Waals surface area contributed by atoms with Gasteiger partial charge in [0.1, 0.15) is 5.82 Å². The lowest BCUT2D eigenvalue weighted by atomic mass is 10.3. The first-order chi connectivity index (χ1) is 8.54. The third-order valence-corrected chi connectivity index (χ3v) is 3.18. The summed E-state index contributed by atoms with van der Waals surface area (Å²) >= 11 is 1.33. The van der Waals surface area contributed by atoms with Crippen molar-refractivity contribution in [2.45, 2.75) is 19.9 Å². The molecule has 0 aliphatic rings. The van der Waals surface area contributed by atoms with Crippen molar-refractivity contribution in [1.29, 1.82) is 0 Å². The average molecular weight is 267 g/mol. The molecular weight excluding hydrogens is 253 g/mol. The van der Waals surface area contributed by atoms with Crippen LogP contribution in [0.15, 0.2) is 18.2 Å². The fourth-order valence-electron chi connectivity index (χ4n) is 1.50. The Hall–Kier alpha value is -1.69. The van der Waals surface area contributed by atoms with Crippen molar-refractivity contribution in [2.24, 2.45) is 0 Å². The van der Waals surface area contributed by atoms with Gasteiger partial charge in [-0.2, -0.15) is 0 Å². The molecule has 0 aliphatic heterocycles. The van der Waals surface area contributed by atoms with Crippen molar-refractivity contribution < 1.29 is 9.18 Å². The minimum absolute atomic E-state index is 0.0876. The summed E-state index contributed by atoms with van der Waals surface area (Å²) in [7, 11) is 0. The number of aromatic nitrogens is 1. The fraction of sp³-hybridized carbons (Fsp3) is 0.333. The number of thiazole rings is 1. The molecule has 0 aliphatic carbocycles. The Morgan fingerprint density at radius 2 is 2.28 bits per heavy atom. The molecule has 0 radical (unpaired) electrons. The van der Waals surface area contributed by atoms with Crippen LogP contribution in [0.2, 0.25) is 0 Å². The van der Waals surface area contributed by atoms with E-state index in [9.17, 15) is 9.18 Å². The Bertz CT molecular complexity index is 567. The molecule has 1 aromatic carbocycles. The maximum absolute atomic E-state index is 13.0. The number of rotatable bonds is 4. The second kappa shape index (κ2) is 5.30. The summed E-state index contributed by atoms with van der Waals surface area (Å²) in [5.74, 6) is -0.370. The summed E-state index contributed by atoms with van der Waals surface area (Å²) < 4.78 is 13.8. The Kier molecular flexibility index (Phi) is 3.76. The number of anilines is 1. The molecule has 0 unspecified atom stereocenters. The first-order valence-corrected chi connectivity index (χ1v) is 6.45. The van der Waals surface area contributed by atoms with Crippen LogP contribution in [-0.4, -0.2) is 23.5 Å². The number of halogens is 1. The molecule has 18 heavy (non-hydrogen) atoms. The van der Waals surface area contributed by atoms with Gasteiger partial charge >= 0.3 is 0 Å². The quantitative estimate of drug-likeness (QED) is 0.894. The lowest BCUT2D eigenvalue weighted by molar-refractivity contribution is -0.119. The lowest BCUT2D eigenvalue weighted by Gasteiger charge is -2.07. The molecule has 0 fully saturated rings. The molecule has 2 N–H and O–H groups in total. The van der Waals surface area contributed by atoms with Gasteiger partial charge in [0.05, 0.1) is 16.8 Å². The van der Waals surface area contributed by atoms with E-state index in [1.54, 1.807) is 6.07 Å². The van der Waals surface area contributed by atoms with Crippen molar-refractivity contribution in [1.82, 2.24) is 10.3 Å². The van der Waals surface area contributed by atoms with Crippen molar-refractivity contribution in [3.8, 4) is 0 Å². The van der Waals surface area contributed by atoms with E-state index in [0.29, 0.717) is 5.13 Å². The van der Waals surface area contributed by atoms with Crippen LogP contribution < -0.4 is 10.6 Å². The van der Waals surface area contributed by atoms with Crippen LogP contribution in [0.3, 0.4) is 0 Å². The van der Waals surface area contributed by atoms with E-state index >= 15 is 0 Å². The highest BCUT2D eigenvalue weighted by molar-refractivity contribution is 7.22. The van der Waals surface area contributed by atoms with Crippen LogP contribution in [0.5, 0.6) is 0 Å². The normalized spacial score (nSPS) is 10.9. The largest absolute Gasteiger partial charge is 0.352 e. The highest BCUT2D eigenvalue weighted by Crippen LogP contribution is 2.26. The number of amides is 1. The molecule has 0 atom stereocenters. The van der Waals surface area contributed by atoms with Gasteiger partial charge in [-0.3, -0.25) is 4.79 Å². The monoisotopic (exact) mass is 267 g/mol. The maximum atomic E-state index is 13.0. The van der Waals surface area contributed by atoms with E-state index in [0.717, 1.165) is 10.2 Å². The molecule has 2 rings (SSSR count). The summed E-state index contributed by atoms with van der Waals surface area (Å²) in [4.78, 5) is 15.7. The van der Waals surface area contributed by atoms with Crippen LogP contribution in [-0.2, 0) is 4.79 Å². The predicted octanol–water partition coefficient (Wildman–Crippen LogP) is 2.37. The van der Waals surface area contributed by atoms with Crippen LogP contribution in [0.1, 0.15) is 13.8 Å². The summed E-state index contributed by atoms with van der Waals surface area (Å²) in [6.07, 6.45) is 0. The molecule has 0 saturated heterocycles. The molecule has 0 spiro atoms. The van der Waals surface area contributed by atoms with Gasteiger partial charge in [-0.05, 0) is 32.0 Å². The van der Waals surface area contributed by atoms with E-state index in [4.69, 9.17) is 0 Å². The zero-order valence-electron chi connectivity index (χ0n) is 10.2. The Morgan fingerprint density at radius 3 is 3.00 bits per heavy atom. The minimum Gasteiger partial charge on any atom is -0.352 e. The number of hydrogen-bond donors (Lipinski definition) is 2. The maximum Gasteiger partial charge on any atom is 0.239 e. The second-order valence-electron chi connectivity index (χ2n) is 4.21. The van der Waals surface area contributed by atoms with E-state index in [2.05, 4.69) is 15.6 Å². The van der Waals surface area contributed by atoms with Crippen molar-refractivity contribution in [2.75, 3.05) is 11.9 Å². The number of nitrogens with zero attached hydrogens (tertiary/aromatic N) is 1. The van der Waals surface area contributed by atoms with Gasteiger partial charge in [-0.25, -0.2) is 9.37 Å². The first-order valence-electron chi connectivity index (χ1n) is 5.64. The molecule has 1 amide bonds. The summed E-state index contributed by atoms with van der Waals surface area (Å²) in [5.41, 5.74) is 0.730. The molecule has 1 heterocycles. The van der Waals surface area contributed by atoms with Crippen molar-refractivity contribution >= 4 is 32.6 Å². The summed E-state index contributed by atoms with van der Waals surface area (Å²) in [5, 5.41) is 6.32. The molecule has 6 heteroatoms. The Morgan fingerprint density at radius 1 is 1.50 bits per heavy atom. The van der Waals surface area contributed by atoms with Gasteiger partial charge in [0.25, 0.3) is 0 Å². The van der Waals surface area contributed by atoms with Gasteiger partial charge in [-0.15, -0.1) is 0 Å². The molecule has 2 aromatic rings. The number of benzene rings is 1. The van der Waals surface area contributed by atoms with Gasteiger partial charge < -0.3 is 10.6 Å². The van der Waals surface area contributed by atoms with Gasteiger partial charge in [0, 0.05) is 6.04 Å². The molecule has 0 saturated carbocycles. The molecule has 4 nitrogen and oxygen atoms in total. The Labute approximate surface area is 108 Å². The highest BCUT2D eigenvalue weighted by atomic mass is 32.1. The number of fused-ring (bicyclic) bond motifs is 1. The van der Waals surface area contributed by atoms with Gasteiger partial charge in [-0.1, -0.05) is 11.3 Å². The number of hydrogen-bond acceptors (Lipinski definition) is 4. The molecule has 1 aromatic heterocycles. The number of nitrogens with one attached hydrogen (secondary N) is 2. The first kappa shape index (κ1) is 12.8. The SMILES string of the molecule is CC(C)NC(=O)CNc1nc2ccc(F)cc2s1. The smallest absolute Gasteiger partial charge is 0.239 e. The van der Waals surface area contributed by atoms with Crippen LogP contribution in [0, 0.1) is 5.82 Å². The van der Waals surface area contributed by atoms with Gasteiger partial charge in [0.15, 0.2) is 5.13 Å². The van der Waals surface area contributed by atoms with Crippen LogP contribution >= 0.6 is 11.3 Å². The highest BCUT2D eigenvalue weighted by Gasteiger charge is 2.07. The van der Waals surface area contributed by atoms with Crippen LogP contribution in [0.25, 0.3) is 10.2 Å². The predicted molar refractivity (Wildman–Crippen MR) is 71.3 cm³/mol. The van der Waals surface area contributed by atoms with E-state index in [1.807, 2.05) is 13.8 Å². The van der Waals surface area contributed by atoms with E-state index in [1.165, 1.54) is 23.5 Å². The second-order valence-corrected chi connectivity index (χ2v) is 5.24. The van der Waals surface area contributed by atoms with E-state index in [-0.39, 0.29) is 24.3 Å². The zero-order chi connectivity index (χ0) is 13.1. The van der Waals surface area contributed by atoms with Crippen LogP contribution in [0.4, 0.5) is 9.52 Å². The third-order valence-electron chi connectivity index (χ3n) is 2.20. The zero-order valence-corrected chi connectivity index (χ0v) is 11.0. The number of carbonyl (C=O) groups excluding carboxylic acids is 1. The van der Waals surface area contributed by atoms with E-state index < -0.39 is 0 Å². The molecular formula is C12H14FN3OS. The average Bonchev–Trinajstić information content (AvgIpc) is 2.67.